The molecule has 0 aliphatic carbocycles. The van der Waals surface area contributed by atoms with Gasteiger partial charge < -0.3 is 4.42 Å². The average Bonchev–Trinajstić information content (AvgIpc) is 2.73. The third kappa shape index (κ3) is 1.97. The third-order valence-corrected chi connectivity index (χ3v) is 5.23. The van der Waals surface area contributed by atoms with Gasteiger partial charge in [0, 0.05) is 19.8 Å². The van der Waals surface area contributed by atoms with Gasteiger partial charge in [0.1, 0.15) is 0 Å². The second kappa shape index (κ2) is 4.21. The zero-order valence-electron chi connectivity index (χ0n) is 7.46. The van der Waals surface area contributed by atoms with E-state index in [4.69, 9.17) is 4.42 Å². The lowest BCUT2D eigenvalue weighted by molar-refractivity contribution is 0.564. The number of alkyl halides is 1. The molecule has 0 fully saturated rings. The van der Waals surface area contributed by atoms with E-state index in [2.05, 4.69) is 44.8 Å². The van der Waals surface area contributed by atoms with E-state index >= 15 is 0 Å². The zero-order chi connectivity index (χ0) is 10.1. The van der Waals surface area contributed by atoms with Crippen molar-refractivity contribution in [2.24, 2.45) is 0 Å². The van der Waals surface area contributed by atoms with Gasteiger partial charge in [0.2, 0.25) is 0 Å². The number of furan rings is 1. The number of hydrogen-bond acceptors (Lipinski definition) is 2. The van der Waals surface area contributed by atoms with Crippen molar-refractivity contribution in [2.75, 3.05) is 0 Å². The first-order chi connectivity index (χ1) is 6.68. The molecule has 0 saturated carbocycles. The summed E-state index contributed by atoms with van der Waals surface area (Å²) >= 11 is 9.00. The summed E-state index contributed by atoms with van der Waals surface area (Å²) in [6.07, 6.45) is 3.46. The van der Waals surface area contributed by atoms with Crippen LogP contribution in [0.3, 0.4) is 0 Å². The number of thiophene rings is 1. The fourth-order valence-corrected chi connectivity index (χ4v) is 4.23. The second-order valence-electron chi connectivity index (χ2n) is 2.99. The normalized spacial score (nSPS) is 13.1. The van der Waals surface area contributed by atoms with Gasteiger partial charge in [-0.05, 0) is 35.0 Å². The maximum Gasteiger partial charge on any atom is 0.0949 e. The Morgan fingerprint density at radius 1 is 1.50 bits per heavy atom. The molecule has 0 aliphatic heterocycles. The molecule has 74 valence electrons. The molecule has 4 heteroatoms. The first-order valence-electron chi connectivity index (χ1n) is 4.10. The monoisotopic (exact) mass is 334 g/mol. The summed E-state index contributed by atoms with van der Waals surface area (Å²) in [7, 11) is 0. The minimum Gasteiger partial charge on any atom is -0.472 e. The molecule has 0 bridgehead atoms. The molecule has 14 heavy (non-hydrogen) atoms. The van der Waals surface area contributed by atoms with E-state index in [1.165, 1.54) is 9.75 Å². The summed E-state index contributed by atoms with van der Waals surface area (Å²) in [5, 5.41) is 0. The molecule has 0 saturated heterocycles. The summed E-state index contributed by atoms with van der Waals surface area (Å²) in [6, 6.07) is 4.11. The van der Waals surface area contributed by atoms with Gasteiger partial charge in [-0.3, -0.25) is 0 Å². The van der Waals surface area contributed by atoms with Crippen LogP contribution >= 0.6 is 43.2 Å². The quantitative estimate of drug-likeness (QED) is 0.712. The Hall–Kier alpha value is -0.0600. The molecule has 1 unspecified atom stereocenters. The Balaban J connectivity index is 2.36. The highest BCUT2D eigenvalue weighted by molar-refractivity contribution is 9.11. The molecule has 0 spiro atoms. The predicted molar refractivity (Wildman–Crippen MR) is 66.2 cm³/mol. The maximum atomic E-state index is 5.06. The molecule has 0 radical (unpaired) electrons. The van der Waals surface area contributed by atoms with Gasteiger partial charge in [-0.15, -0.1) is 11.3 Å². The van der Waals surface area contributed by atoms with Crippen LogP contribution < -0.4 is 0 Å². The molecular formula is C10H8Br2OS. The third-order valence-electron chi connectivity index (χ3n) is 1.90. The molecule has 2 heterocycles. The van der Waals surface area contributed by atoms with E-state index in [1.807, 2.05) is 6.07 Å². The Kier molecular flexibility index (Phi) is 3.14. The van der Waals surface area contributed by atoms with Crippen LogP contribution in [0.25, 0.3) is 0 Å². The highest BCUT2D eigenvalue weighted by Gasteiger charge is 2.16. The van der Waals surface area contributed by atoms with Crippen molar-refractivity contribution < 1.29 is 4.42 Å². The summed E-state index contributed by atoms with van der Waals surface area (Å²) in [5.74, 6) is 0. The van der Waals surface area contributed by atoms with Crippen molar-refractivity contribution in [2.45, 2.75) is 11.8 Å². The number of hydrogen-bond donors (Lipinski definition) is 0. The lowest BCUT2D eigenvalue weighted by Gasteiger charge is -2.04. The van der Waals surface area contributed by atoms with Gasteiger partial charge in [-0.1, -0.05) is 15.9 Å². The minimum atomic E-state index is 0.217. The van der Waals surface area contributed by atoms with E-state index in [1.54, 1.807) is 23.9 Å². The van der Waals surface area contributed by atoms with Crippen molar-refractivity contribution in [1.29, 1.82) is 0 Å². The van der Waals surface area contributed by atoms with E-state index in [0.29, 0.717) is 0 Å². The first-order valence-corrected chi connectivity index (χ1v) is 6.63. The van der Waals surface area contributed by atoms with Crippen molar-refractivity contribution in [3.05, 3.63) is 44.4 Å². The van der Waals surface area contributed by atoms with E-state index in [9.17, 15) is 0 Å². The molecule has 1 nitrogen and oxygen atoms in total. The molecule has 0 N–H and O–H groups in total. The molecule has 0 amide bonds. The molecule has 2 aromatic heterocycles. The highest BCUT2D eigenvalue weighted by Crippen LogP contribution is 2.40. The van der Waals surface area contributed by atoms with Crippen LogP contribution in [0.2, 0.25) is 0 Å². The SMILES string of the molecule is Cc1cc(Br)c(C(Br)c2ccoc2)s1. The molecular weight excluding hydrogens is 328 g/mol. The van der Waals surface area contributed by atoms with Crippen LogP contribution in [-0.4, -0.2) is 0 Å². The van der Waals surface area contributed by atoms with Gasteiger partial charge in [-0.25, -0.2) is 0 Å². The lowest BCUT2D eigenvalue weighted by atomic mass is 10.2. The molecule has 2 rings (SSSR count). The molecule has 1 atom stereocenters. The Morgan fingerprint density at radius 2 is 2.29 bits per heavy atom. The van der Waals surface area contributed by atoms with Gasteiger partial charge >= 0.3 is 0 Å². The topological polar surface area (TPSA) is 13.1 Å². The van der Waals surface area contributed by atoms with Crippen LogP contribution in [0.1, 0.15) is 20.1 Å². The van der Waals surface area contributed by atoms with Gasteiger partial charge in [0.25, 0.3) is 0 Å². The largest absolute Gasteiger partial charge is 0.472 e. The van der Waals surface area contributed by atoms with Crippen LogP contribution in [0.5, 0.6) is 0 Å². The summed E-state index contributed by atoms with van der Waals surface area (Å²) < 4.78 is 6.22. The Morgan fingerprint density at radius 3 is 2.79 bits per heavy atom. The van der Waals surface area contributed by atoms with Crippen LogP contribution in [0.15, 0.2) is 33.5 Å². The van der Waals surface area contributed by atoms with E-state index in [-0.39, 0.29) is 4.83 Å². The fourth-order valence-electron chi connectivity index (χ4n) is 1.24. The summed E-state index contributed by atoms with van der Waals surface area (Å²) in [6.45, 7) is 2.11. The smallest absolute Gasteiger partial charge is 0.0949 e. The standard InChI is InChI=1S/C10H8Br2OS/c1-6-4-8(11)10(14-6)9(12)7-2-3-13-5-7/h2-5,9H,1H3. The van der Waals surface area contributed by atoms with E-state index < -0.39 is 0 Å². The zero-order valence-corrected chi connectivity index (χ0v) is 11.4. The summed E-state index contributed by atoms with van der Waals surface area (Å²) in [5.41, 5.74) is 1.15. The highest BCUT2D eigenvalue weighted by atomic mass is 79.9. The molecule has 0 aliphatic rings. The van der Waals surface area contributed by atoms with Crippen molar-refractivity contribution in [3.8, 4) is 0 Å². The van der Waals surface area contributed by atoms with Gasteiger partial charge in [0.05, 0.1) is 17.4 Å². The van der Waals surface area contributed by atoms with Gasteiger partial charge in [0.15, 0.2) is 0 Å². The van der Waals surface area contributed by atoms with E-state index in [0.717, 1.165) is 10.0 Å². The van der Waals surface area contributed by atoms with Crippen molar-refractivity contribution in [3.63, 3.8) is 0 Å². The predicted octanol–water partition coefficient (Wildman–Crippen LogP) is 4.90. The van der Waals surface area contributed by atoms with Crippen molar-refractivity contribution >= 4 is 43.2 Å². The Labute approximate surface area is 103 Å². The fraction of sp³-hybridized carbons (Fsp3) is 0.200. The number of aryl methyl sites for hydroxylation is 1. The average molecular weight is 336 g/mol. The molecule has 2 aromatic rings. The number of rotatable bonds is 2. The van der Waals surface area contributed by atoms with Gasteiger partial charge in [-0.2, -0.15) is 0 Å². The second-order valence-corrected chi connectivity index (χ2v) is 6.05. The minimum absolute atomic E-state index is 0.217. The van der Waals surface area contributed by atoms with Crippen LogP contribution in [0.4, 0.5) is 0 Å². The Bertz CT molecular complexity index is 419. The number of halogens is 2. The summed E-state index contributed by atoms with van der Waals surface area (Å²) in [4.78, 5) is 2.80. The maximum absolute atomic E-state index is 5.06. The molecule has 0 aromatic carbocycles. The van der Waals surface area contributed by atoms with Crippen LogP contribution in [0, 0.1) is 6.92 Å². The van der Waals surface area contributed by atoms with Crippen molar-refractivity contribution in [1.82, 2.24) is 0 Å². The first kappa shape index (κ1) is 10.5. The van der Waals surface area contributed by atoms with Crippen LogP contribution in [-0.2, 0) is 0 Å². The lowest BCUT2D eigenvalue weighted by Crippen LogP contribution is -1.86.